The number of amides is 1. The van der Waals surface area contributed by atoms with E-state index in [0.717, 1.165) is 29.0 Å². The fourth-order valence-electron chi connectivity index (χ4n) is 4.44. The van der Waals surface area contributed by atoms with Gasteiger partial charge >= 0.3 is 0 Å². The van der Waals surface area contributed by atoms with E-state index < -0.39 is 0 Å². The molecular formula is C23H25N3O3S. The highest BCUT2D eigenvalue weighted by molar-refractivity contribution is 7.15. The zero-order valence-electron chi connectivity index (χ0n) is 17.3. The first-order valence-electron chi connectivity index (χ1n) is 10.5. The summed E-state index contributed by atoms with van der Waals surface area (Å²) in [6.07, 6.45) is 5.22. The van der Waals surface area contributed by atoms with E-state index in [2.05, 4.69) is 23.1 Å². The third-order valence-electron chi connectivity index (χ3n) is 6.24. The molecule has 2 aliphatic rings. The Labute approximate surface area is 179 Å². The second-order valence-electron chi connectivity index (χ2n) is 8.12. The minimum absolute atomic E-state index is 0.0104. The molecule has 1 aromatic carbocycles. The number of hydrogen-bond acceptors (Lipinski definition) is 6. The fourth-order valence-corrected chi connectivity index (χ4v) is 5.61. The number of fused-ring (bicyclic) bond motifs is 1. The summed E-state index contributed by atoms with van der Waals surface area (Å²) in [6.45, 7) is 2.66. The molecule has 1 aliphatic carbocycles. The van der Waals surface area contributed by atoms with Crippen molar-refractivity contribution in [1.29, 1.82) is 0 Å². The van der Waals surface area contributed by atoms with E-state index in [1.54, 1.807) is 18.4 Å². The van der Waals surface area contributed by atoms with Crippen molar-refractivity contribution in [2.45, 2.75) is 51.0 Å². The van der Waals surface area contributed by atoms with Gasteiger partial charge in [0, 0.05) is 23.8 Å². The number of benzene rings is 1. The molecule has 1 fully saturated rings. The molecule has 3 heterocycles. The molecule has 156 valence electrons. The maximum absolute atomic E-state index is 12.7. The number of ether oxygens (including phenoxy) is 1. The highest BCUT2D eigenvalue weighted by atomic mass is 32.1. The molecule has 5 rings (SSSR count). The first-order chi connectivity index (χ1) is 14.6. The number of thiophene rings is 1. The number of carbonyl (C=O) groups is 1. The van der Waals surface area contributed by atoms with Gasteiger partial charge in [0.25, 0.3) is 5.89 Å². The average Bonchev–Trinajstić information content (AvgIpc) is 3.50. The SMILES string of the molecule is COc1ccc(C(C)N2CC(c3noc(-c4cc5c(s4)CCCC5)n3)CC2=O)cc1. The standard InChI is InChI=1S/C23H25N3O3S/c1-14(15-7-9-18(28-2)10-8-15)26-13-17(12-21(26)27)22-24-23(29-25-22)20-11-16-5-3-4-6-19(16)30-20/h7-11,14,17H,3-6,12-13H2,1-2H3. The molecule has 1 saturated heterocycles. The highest BCUT2D eigenvalue weighted by Gasteiger charge is 2.36. The van der Waals surface area contributed by atoms with E-state index in [1.807, 2.05) is 29.2 Å². The molecule has 2 unspecified atom stereocenters. The molecule has 2 aromatic heterocycles. The minimum Gasteiger partial charge on any atom is -0.497 e. The van der Waals surface area contributed by atoms with E-state index in [0.29, 0.717) is 24.7 Å². The monoisotopic (exact) mass is 423 g/mol. The van der Waals surface area contributed by atoms with Crippen molar-refractivity contribution in [3.05, 3.63) is 52.2 Å². The lowest BCUT2D eigenvalue weighted by Gasteiger charge is -2.25. The van der Waals surface area contributed by atoms with Crippen molar-refractivity contribution in [2.75, 3.05) is 13.7 Å². The van der Waals surface area contributed by atoms with Crippen LogP contribution in [0.5, 0.6) is 5.75 Å². The lowest BCUT2D eigenvalue weighted by atomic mass is 9.99. The van der Waals surface area contributed by atoms with Gasteiger partial charge in [-0.1, -0.05) is 17.3 Å². The summed E-state index contributed by atoms with van der Waals surface area (Å²) in [5.41, 5.74) is 2.51. The summed E-state index contributed by atoms with van der Waals surface area (Å²) < 4.78 is 10.8. The van der Waals surface area contributed by atoms with Gasteiger partial charge < -0.3 is 14.2 Å². The summed E-state index contributed by atoms with van der Waals surface area (Å²) in [5, 5.41) is 4.23. The molecular weight excluding hydrogens is 398 g/mol. The highest BCUT2D eigenvalue weighted by Crippen LogP contribution is 2.37. The molecule has 0 N–H and O–H groups in total. The van der Waals surface area contributed by atoms with Crippen LogP contribution in [0.25, 0.3) is 10.8 Å². The number of carbonyl (C=O) groups excluding carboxylic acids is 1. The Kier molecular flexibility index (Phi) is 5.06. The number of likely N-dealkylation sites (tertiary alicyclic amines) is 1. The van der Waals surface area contributed by atoms with Gasteiger partial charge in [-0.2, -0.15) is 4.98 Å². The van der Waals surface area contributed by atoms with Gasteiger partial charge in [0.2, 0.25) is 5.91 Å². The molecule has 1 aliphatic heterocycles. The molecule has 0 radical (unpaired) electrons. The van der Waals surface area contributed by atoms with Crippen molar-refractivity contribution in [2.24, 2.45) is 0 Å². The second-order valence-corrected chi connectivity index (χ2v) is 9.26. The van der Waals surface area contributed by atoms with Gasteiger partial charge in [-0.3, -0.25) is 4.79 Å². The predicted octanol–water partition coefficient (Wildman–Crippen LogP) is 4.76. The summed E-state index contributed by atoms with van der Waals surface area (Å²) in [5.74, 6) is 2.12. The minimum atomic E-state index is -0.0368. The van der Waals surface area contributed by atoms with Crippen molar-refractivity contribution in [3.8, 4) is 16.5 Å². The number of hydrogen-bond donors (Lipinski definition) is 0. The van der Waals surface area contributed by atoms with Gasteiger partial charge in [-0.25, -0.2) is 0 Å². The average molecular weight is 424 g/mol. The molecule has 0 spiro atoms. The third kappa shape index (κ3) is 3.51. The van der Waals surface area contributed by atoms with Crippen LogP contribution in [0.2, 0.25) is 0 Å². The van der Waals surface area contributed by atoms with Gasteiger partial charge in [-0.15, -0.1) is 11.3 Å². The summed E-state index contributed by atoms with van der Waals surface area (Å²) in [7, 11) is 1.65. The van der Waals surface area contributed by atoms with E-state index in [-0.39, 0.29) is 17.9 Å². The Balaban J connectivity index is 1.31. The summed E-state index contributed by atoms with van der Waals surface area (Å²) in [4.78, 5) is 21.8. The van der Waals surface area contributed by atoms with Gasteiger partial charge in [-0.05, 0) is 61.9 Å². The van der Waals surface area contributed by atoms with E-state index in [9.17, 15) is 4.79 Å². The van der Waals surface area contributed by atoms with Crippen LogP contribution >= 0.6 is 11.3 Å². The molecule has 7 heteroatoms. The molecule has 2 atom stereocenters. The Morgan fingerprint density at radius 1 is 1.23 bits per heavy atom. The van der Waals surface area contributed by atoms with Crippen molar-refractivity contribution >= 4 is 17.2 Å². The van der Waals surface area contributed by atoms with Gasteiger partial charge in [0.05, 0.1) is 18.0 Å². The van der Waals surface area contributed by atoms with Crippen LogP contribution in [0.15, 0.2) is 34.9 Å². The molecule has 1 amide bonds. The molecule has 30 heavy (non-hydrogen) atoms. The lowest BCUT2D eigenvalue weighted by Crippen LogP contribution is -2.28. The van der Waals surface area contributed by atoms with Crippen LogP contribution in [0, 0.1) is 0 Å². The van der Waals surface area contributed by atoms with E-state index in [4.69, 9.17) is 9.26 Å². The van der Waals surface area contributed by atoms with Crippen LogP contribution < -0.4 is 4.74 Å². The normalized spacial score (nSPS) is 19.7. The number of aromatic nitrogens is 2. The molecule has 0 saturated carbocycles. The zero-order chi connectivity index (χ0) is 20.7. The number of aryl methyl sites for hydroxylation is 2. The molecule has 6 nitrogen and oxygen atoms in total. The van der Waals surface area contributed by atoms with Crippen molar-refractivity contribution in [1.82, 2.24) is 15.0 Å². The summed E-state index contributed by atoms with van der Waals surface area (Å²) in [6, 6.07) is 10.1. The first kappa shape index (κ1) is 19.3. The quantitative estimate of drug-likeness (QED) is 0.592. The smallest absolute Gasteiger partial charge is 0.268 e. The second kappa shape index (κ2) is 7.87. The molecule has 0 bridgehead atoms. The van der Waals surface area contributed by atoms with Crippen LogP contribution in [0.3, 0.4) is 0 Å². The number of nitrogens with zero attached hydrogens (tertiary/aromatic N) is 3. The first-order valence-corrected chi connectivity index (χ1v) is 11.3. The fraction of sp³-hybridized carbons (Fsp3) is 0.435. The number of rotatable bonds is 5. The topological polar surface area (TPSA) is 68.5 Å². The zero-order valence-corrected chi connectivity index (χ0v) is 18.1. The summed E-state index contributed by atoms with van der Waals surface area (Å²) >= 11 is 1.77. The predicted molar refractivity (Wildman–Crippen MR) is 115 cm³/mol. The van der Waals surface area contributed by atoms with Crippen LogP contribution in [0.4, 0.5) is 0 Å². The Morgan fingerprint density at radius 3 is 2.80 bits per heavy atom. The van der Waals surface area contributed by atoms with Gasteiger partial charge in [0.15, 0.2) is 5.82 Å². The largest absolute Gasteiger partial charge is 0.497 e. The van der Waals surface area contributed by atoms with E-state index >= 15 is 0 Å². The van der Waals surface area contributed by atoms with Crippen LogP contribution in [-0.4, -0.2) is 34.6 Å². The van der Waals surface area contributed by atoms with Crippen molar-refractivity contribution in [3.63, 3.8) is 0 Å². The Bertz CT molecular complexity index is 1030. The maximum Gasteiger partial charge on any atom is 0.268 e. The maximum atomic E-state index is 12.7. The Morgan fingerprint density at radius 2 is 2.03 bits per heavy atom. The van der Waals surface area contributed by atoms with Crippen LogP contribution in [-0.2, 0) is 17.6 Å². The van der Waals surface area contributed by atoms with Crippen molar-refractivity contribution < 1.29 is 14.1 Å². The van der Waals surface area contributed by atoms with Crippen LogP contribution in [0.1, 0.15) is 60.0 Å². The number of methoxy groups -OCH3 is 1. The van der Waals surface area contributed by atoms with Gasteiger partial charge in [0.1, 0.15) is 5.75 Å². The van der Waals surface area contributed by atoms with E-state index in [1.165, 1.54) is 23.3 Å². The lowest BCUT2D eigenvalue weighted by molar-refractivity contribution is -0.129. The third-order valence-corrected chi connectivity index (χ3v) is 7.46. The Hall–Kier alpha value is -2.67. The molecule has 3 aromatic rings.